The smallest absolute Gasteiger partial charge is 0.295 e. The molecule has 0 fully saturated rings. The van der Waals surface area contributed by atoms with Gasteiger partial charge in [-0.3, -0.25) is 4.55 Å². The van der Waals surface area contributed by atoms with E-state index in [9.17, 15) is 21.4 Å². The summed E-state index contributed by atoms with van der Waals surface area (Å²) in [6, 6.07) is 25.8. The van der Waals surface area contributed by atoms with E-state index < -0.39 is 71.6 Å². The number of benzene rings is 5. The third-order valence-corrected chi connectivity index (χ3v) is 19.7. The molecule has 11 nitrogen and oxygen atoms in total. The number of halogens is 5. The molecule has 3 aliphatic rings. The molecule has 2 heterocycles. The van der Waals surface area contributed by atoms with Gasteiger partial charge in [0, 0.05) is 53.0 Å². The summed E-state index contributed by atoms with van der Waals surface area (Å²) in [5.41, 5.74) is 2.09. The summed E-state index contributed by atoms with van der Waals surface area (Å²) in [6.45, 7) is 14.0. The van der Waals surface area contributed by atoms with E-state index in [0.29, 0.717) is 39.0 Å². The fourth-order valence-electron chi connectivity index (χ4n) is 7.98. The Morgan fingerprint density at radius 2 is 1.48 bits per heavy atom. The zero-order valence-corrected chi connectivity index (χ0v) is 40.7. The number of nitrogens with zero attached hydrogens (tertiary/aromatic N) is 3. The number of ether oxygens (including phenoxy) is 1. The maximum Gasteiger partial charge on any atom is 0.295 e. The third kappa shape index (κ3) is 9.26. The van der Waals surface area contributed by atoms with Crippen LogP contribution in [-0.4, -0.2) is 75.5 Å². The van der Waals surface area contributed by atoms with Gasteiger partial charge in [0.2, 0.25) is 5.36 Å². The maximum atomic E-state index is 15.6. The molecule has 4 aromatic carbocycles. The van der Waals surface area contributed by atoms with Gasteiger partial charge in [0.25, 0.3) is 10.1 Å². The zero-order valence-electron chi connectivity index (χ0n) is 36.9. The van der Waals surface area contributed by atoms with E-state index in [2.05, 4.69) is 14.2 Å². The van der Waals surface area contributed by atoms with Crippen LogP contribution in [0.4, 0.5) is 23.2 Å². The first-order valence-electron chi connectivity index (χ1n) is 21.0. The third-order valence-electron chi connectivity index (χ3n) is 11.6. The van der Waals surface area contributed by atoms with Crippen molar-refractivity contribution in [3.8, 4) is 28.2 Å². The van der Waals surface area contributed by atoms with Crippen LogP contribution in [0.2, 0.25) is 0 Å². The molecule has 0 saturated carbocycles. The zero-order chi connectivity index (χ0) is 47.3. The van der Waals surface area contributed by atoms with E-state index in [1.807, 2.05) is 64.1 Å². The minimum atomic E-state index is -5.04. The molecule has 65 heavy (non-hydrogen) atoms. The van der Waals surface area contributed by atoms with E-state index in [1.54, 1.807) is 26.0 Å². The Labute approximate surface area is 384 Å². The van der Waals surface area contributed by atoms with Gasteiger partial charge in [-0.2, -0.15) is 8.42 Å². The van der Waals surface area contributed by atoms with Crippen molar-refractivity contribution in [2.75, 3.05) is 44.7 Å². The van der Waals surface area contributed by atoms with Crippen molar-refractivity contribution in [1.29, 1.82) is 0 Å². The van der Waals surface area contributed by atoms with Gasteiger partial charge in [-0.1, -0.05) is 6.07 Å². The molecule has 0 unspecified atom stereocenters. The number of anilines is 1. The summed E-state index contributed by atoms with van der Waals surface area (Å²) >= 11 is -4.27. The molecule has 0 amide bonds. The predicted molar refractivity (Wildman–Crippen MR) is 252 cm³/mol. The van der Waals surface area contributed by atoms with Crippen LogP contribution in [0.1, 0.15) is 52.7 Å². The first kappa shape index (κ1) is 48.3. The Morgan fingerprint density at radius 1 is 0.815 bits per heavy atom. The second-order valence-corrected chi connectivity index (χ2v) is 23.8. The Balaban J connectivity index is 1.16. The molecule has 0 saturated heterocycles. The molecule has 0 spiro atoms. The van der Waals surface area contributed by atoms with E-state index >= 15 is 17.6 Å². The number of alkyl halides is 5. The van der Waals surface area contributed by atoms with Gasteiger partial charge in [-0.25, -0.2) is 4.58 Å². The van der Waals surface area contributed by atoms with Gasteiger partial charge in [0.05, 0.1) is 6.07 Å². The van der Waals surface area contributed by atoms with Gasteiger partial charge in [0.15, 0.2) is 0 Å². The Bertz CT molecular complexity index is 3010. The normalized spacial score (nSPS) is 14.9. The van der Waals surface area contributed by atoms with Crippen LogP contribution in [0.5, 0.6) is 5.75 Å². The minimum absolute atomic E-state index is 0.0534. The summed E-state index contributed by atoms with van der Waals surface area (Å²) in [5, 5.41) is 1.42. The molecule has 0 atom stereocenters. The van der Waals surface area contributed by atoms with E-state index in [4.69, 9.17) is 7.48 Å². The van der Waals surface area contributed by atoms with Crippen molar-refractivity contribution in [1.82, 2.24) is 8.88 Å². The fraction of sp³-hybridized carbons (Fsp3) is 0.340. The molecule has 1 aliphatic carbocycles. The first-order valence-corrected chi connectivity index (χ1v) is 26.9. The van der Waals surface area contributed by atoms with Gasteiger partial charge in [-0.15, -0.1) is 0 Å². The summed E-state index contributed by atoms with van der Waals surface area (Å²) < 4.78 is 142. The molecule has 4 aromatic rings. The second-order valence-electron chi connectivity index (χ2n) is 16.0. The minimum Gasteiger partial charge on any atom is -0.456 e. The molecule has 1 N–H and O–H groups in total. The second kappa shape index (κ2) is 18.2. The topological polar surface area (TPSA) is 130 Å². The summed E-state index contributed by atoms with van der Waals surface area (Å²) in [5.74, 6) is -0.0745. The van der Waals surface area contributed by atoms with Crippen LogP contribution < -0.4 is 19.6 Å². The van der Waals surface area contributed by atoms with Gasteiger partial charge < -0.3 is 9.32 Å². The molecular weight excluding hydrogens is 1000 g/mol. The van der Waals surface area contributed by atoms with Crippen molar-refractivity contribution in [2.24, 2.45) is 0 Å². The molecule has 348 valence electrons. The fourth-order valence-corrected chi connectivity index (χ4v) is 15.1. The number of fused-ring (bicyclic) bond motifs is 3. The van der Waals surface area contributed by atoms with Crippen LogP contribution in [0.15, 0.2) is 117 Å². The van der Waals surface area contributed by atoms with Crippen molar-refractivity contribution in [2.45, 2.75) is 73.4 Å². The number of rotatable bonds is 16. The molecule has 2 aliphatic heterocycles. The Hall–Kier alpha value is -4.60. The summed E-state index contributed by atoms with van der Waals surface area (Å²) in [7, 11) is -8.15. The average Bonchev–Trinajstić information content (AvgIpc) is 3.55. The summed E-state index contributed by atoms with van der Waals surface area (Å²) in [4.78, 5) is 1.09. The number of hydrogen-bond acceptors (Lipinski definition) is 8. The predicted octanol–water partition coefficient (Wildman–Crippen LogP) is 10.1. The quantitative estimate of drug-likeness (QED) is 0.0252. The molecular formula is C47H51F4IN3O8S2+. The van der Waals surface area contributed by atoms with Crippen LogP contribution in [0.25, 0.3) is 33.4 Å². The molecule has 0 radical (unpaired) electrons. The number of likely N-dealkylation sites (N-methyl/N-ethyl adjacent to an activating group) is 1. The van der Waals surface area contributed by atoms with E-state index in [-0.39, 0.29) is 22.1 Å². The Kier molecular flexibility index (Phi) is 13.6. The van der Waals surface area contributed by atoms with E-state index in [1.165, 1.54) is 43.4 Å². The van der Waals surface area contributed by atoms with Crippen LogP contribution >= 0.6 is 20.2 Å². The van der Waals surface area contributed by atoms with Crippen LogP contribution in [-0.2, 0) is 35.2 Å². The molecule has 0 aromatic heterocycles. The van der Waals surface area contributed by atoms with Crippen molar-refractivity contribution in [3.05, 3.63) is 123 Å². The van der Waals surface area contributed by atoms with Crippen LogP contribution in [0, 0.1) is 3.57 Å². The molecule has 0 bridgehead atoms. The van der Waals surface area contributed by atoms with Gasteiger partial charge >= 0.3 is 192 Å². The average molecular weight is 1050 g/mol. The summed E-state index contributed by atoms with van der Waals surface area (Å²) in [6.07, 6.45) is -4.85. The number of sulfonamides is 1. The van der Waals surface area contributed by atoms with Crippen molar-refractivity contribution in [3.63, 3.8) is 0 Å². The monoisotopic (exact) mass is 1050 g/mol. The Morgan fingerprint density at radius 3 is 2.12 bits per heavy atom. The van der Waals surface area contributed by atoms with E-state index in [0.717, 1.165) is 59.7 Å². The van der Waals surface area contributed by atoms with Crippen molar-refractivity contribution < 1.29 is 51.2 Å². The van der Waals surface area contributed by atoms with Gasteiger partial charge in [-0.05, 0) is 58.0 Å². The SMILES string of the molecule is CCN(CC)c1ccc2c(-c3ccc(S(=O)(=O)N(C)CCc4ccc(OC(F)(F)C(F)(F)I5OC(C)(C)c6ccccc65)cc4)cc3S(=O)(=O)O)c3ccc(=[N+](CC)CC)cc-3oc2c1. The number of hydrogen-bond donors (Lipinski definition) is 1. The molecule has 7 rings (SSSR count). The maximum absolute atomic E-state index is 15.6. The standard InChI is InChI=1S/C47H50F4IN3O8S2/c1-8-54(9-2)32-18-23-36-41(28-32)61-42-29-33(55(10-3)11-4)19-24-37(42)44(36)38-25-22-35(30-43(38)65(58,59)60)64(56,57)53(7)27-26-31-16-20-34(21-17-31)62-47(50,51)46(48,49)52-40-15-13-12-14-39(40)45(5,6)63-52/h12-25,28-30H,8-11,26-27H2,1-7H3/p+1. The first-order chi connectivity index (χ1) is 30.6. The largest absolute Gasteiger partial charge is 0.456 e. The van der Waals surface area contributed by atoms with Gasteiger partial charge in [0.1, 0.15) is 29.3 Å². The van der Waals surface area contributed by atoms with Crippen LogP contribution in [0.3, 0.4) is 0 Å². The molecule has 18 heteroatoms. The van der Waals surface area contributed by atoms with Crippen molar-refractivity contribution >= 4 is 57.0 Å².